The largest absolute Gasteiger partial charge is 0.464 e. The quantitative estimate of drug-likeness (QED) is 0.834. The molecule has 3 heterocycles. The molecule has 0 saturated carbocycles. The second kappa shape index (κ2) is 6.92. The lowest BCUT2D eigenvalue weighted by Crippen LogP contribution is -2.07. The van der Waals surface area contributed by atoms with Gasteiger partial charge >= 0.3 is 5.97 Å². The molecular formula is C13H17Cl2N3O2. The average Bonchev–Trinajstić information content (AvgIpc) is 3.05. The van der Waals surface area contributed by atoms with Crippen molar-refractivity contribution in [3.63, 3.8) is 0 Å². The number of rotatable bonds is 2. The number of halogens is 2. The highest BCUT2D eigenvalue weighted by molar-refractivity contribution is 5.91. The number of hydrogen-bond acceptors (Lipinski definition) is 4. The minimum absolute atomic E-state index is 0. The monoisotopic (exact) mass is 317 g/mol. The third-order valence-corrected chi connectivity index (χ3v) is 3.47. The van der Waals surface area contributed by atoms with Crippen molar-refractivity contribution in [1.29, 1.82) is 0 Å². The standard InChI is InChI=1S/C13H15N3O2.2ClH/c1-18-13(17)11-3-2-9-10(7-15-12(9)16-11)8-4-5-14-6-8;;/h2-3,7-8,14H,4-6H2,1H3,(H,15,16);2*1H. The molecule has 0 bridgehead atoms. The van der Waals surface area contributed by atoms with E-state index in [0.717, 1.165) is 30.5 Å². The number of fused-ring (bicyclic) bond motifs is 1. The van der Waals surface area contributed by atoms with E-state index in [2.05, 4.69) is 20.0 Å². The number of nitrogens with one attached hydrogen (secondary N) is 2. The molecule has 0 aliphatic carbocycles. The van der Waals surface area contributed by atoms with Crippen LogP contribution in [0.5, 0.6) is 0 Å². The summed E-state index contributed by atoms with van der Waals surface area (Å²) in [5.74, 6) is 0.125. The summed E-state index contributed by atoms with van der Waals surface area (Å²) in [6.45, 7) is 2.07. The van der Waals surface area contributed by atoms with E-state index in [9.17, 15) is 4.79 Å². The van der Waals surface area contributed by atoms with Crippen LogP contribution in [0.3, 0.4) is 0 Å². The van der Waals surface area contributed by atoms with Crippen molar-refractivity contribution in [2.75, 3.05) is 20.2 Å². The molecule has 5 nitrogen and oxygen atoms in total. The Labute approximate surface area is 129 Å². The molecule has 3 rings (SSSR count). The van der Waals surface area contributed by atoms with Gasteiger partial charge in [-0.15, -0.1) is 24.8 Å². The van der Waals surface area contributed by atoms with Crippen LogP contribution in [0.1, 0.15) is 28.4 Å². The molecule has 0 radical (unpaired) electrons. The van der Waals surface area contributed by atoms with E-state index >= 15 is 0 Å². The minimum atomic E-state index is -0.407. The van der Waals surface area contributed by atoms with Gasteiger partial charge in [-0.1, -0.05) is 0 Å². The van der Waals surface area contributed by atoms with Crippen LogP contribution >= 0.6 is 24.8 Å². The molecule has 2 N–H and O–H groups in total. The Balaban J connectivity index is 0.000001000. The lowest BCUT2D eigenvalue weighted by molar-refractivity contribution is 0.0594. The predicted molar refractivity (Wildman–Crippen MR) is 82.2 cm³/mol. The van der Waals surface area contributed by atoms with Gasteiger partial charge in [0, 0.05) is 18.1 Å². The number of esters is 1. The van der Waals surface area contributed by atoms with Crippen molar-refractivity contribution in [2.45, 2.75) is 12.3 Å². The fourth-order valence-corrected chi connectivity index (χ4v) is 2.50. The first-order valence-corrected chi connectivity index (χ1v) is 6.06. The van der Waals surface area contributed by atoms with Crippen LogP contribution < -0.4 is 5.32 Å². The maximum Gasteiger partial charge on any atom is 0.356 e. The van der Waals surface area contributed by atoms with Gasteiger partial charge < -0.3 is 15.0 Å². The number of carbonyl (C=O) groups excluding carboxylic acids is 1. The molecule has 0 amide bonds. The molecule has 1 unspecified atom stereocenters. The zero-order valence-electron chi connectivity index (χ0n) is 11.0. The molecule has 7 heteroatoms. The number of carbonyl (C=O) groups is 1. The molecular weight excluding hydrogens is 301 g/mol. The zero-order chi connectivity index (χ0) is 12.5. The van der Waals surface area contributed by atoms with Crippen LogP contribution in [-0.2, 0) is 4.74 Å². The second-order valence-electron chi connectivity index (χ2n) is 4.52. The highest BCUT2D eigenvalue weighted by Gasteiger charge is 2.20. The number of H-pyrrole nitrogens is 1. The maximum absolute atomic E-state index is 11.4. The Kier molecular flexibility index (Phi) is 5.80. The highest BCUT2D eigenvalue weighted by Crippen LogP contribution is 2.28. The Morgan fingerprint density at radius 1 is 1.40 bits per heavy atom. The van der Waals surface area contributed by atoms with E-state index in [1.807, 2.05) is 12.3 Å². The molecule has 1 fully saturated rings. The van der Waals surface area contributed by atoms with Crippen molar-refractivity contribution in [2.24, 2.45) is 0 Å². The first-order chi connectivity index (χ1) is 8.79. The Hall–Kier alpha value is -1.30. The van der Waals surface area contributed by atoms with Crippen molar-refractivity contribution in [1.82, 2.24) is 15.3 Å². The molecule has 1 aliphatic rings. The van der Waals surface area contributed by atoms with Gasteiger partial charge in [-0.2, -0.15) is 0 Å². The number of aromatic amines is 1. The van der Waals surface area contributed by atoms with Crippen molar-refractivity contribution in [3.8, 4) is 0 Å². The summed E-state index contributed by atoms with van der Waals surface area (Å²) >= 11 is 0. The summed E-state index contributed by atoms with van der Waals surface area (Å²) in [6.07, 6.45) is 3.14. The van der Waals surface area contributed by atoms with E-state index in [1.54, 1.807) is 6.07 Å². The molecule has 2 aromatic heterocycles. The molecule has 20 heavy (non-hydrogen) atoms. The van der Waals surface area contributed by atoms with Gasteiger partial charge in [0.15, 0.2) is 5.69 Å². The SMILES string of the molecule is COC(=O)c1ccc2c(C3CCNC3)c[nH]c2n1.Cl.Cl. The number of ether oxygens (including phenoxy) is 1. The van der Waals surface area contributed by atoms with Gasteiger partial charge in [0.2, 0.25) is 0 Å². The molecule has 2 aromatic rings. The van der Waals surface area contributed by atoms with Crippen molar-refractivity contribution in [3.05, 3.63) is 29.6 Å². The number of aromatic nitrogens is 2. The van der Waals surface area contributed by atoms with E-state index in [-0.39, 0.29) is 24.8 Å². The molecule has 110 valence electrons. The van der Waals surface area contributed by atoms with E-state index in [1.165, 1.54) is 12.7 Å². The summed E-state index contributed by atoms with van der Waals surface area (Å²) in [4.78, 5) is 18.8. The van der Waals surface area contributed by atoms with Gasteiger partial charge in [0.05, 0.1) is 7.11 Å². The molecule has 0 aromatic carbocycles. The molecule has 1 atom stereocenters. The third-order valence-electron chi connectivity index (χ3n) is 3.47. The van der Waals surface area contributed by atoms with Gasteiger partial charge in [-0.3, -0.25) is 0 Å². The van der Waals surface area contributed by atoms with Gasteiger partial charge in [-0.25, -0.2) is 9.78 Å². The smallest absolute Gasteiger partial charge is 0.356 e. The fraction of sp³-hybridized carbons (Fsp3) is 0.385. The summed E-state index contributed by atoms with van der Waals surface area (Å²) in [5.41, 5.74) is 2.36. The first-order valence-electron chi connectivity index (χ1n) is 6.06. The maximum atomic E-state index is 11.4. The van der Waals surface area contributed by atoms with Gasteiger partial charge in [0.1, 0.15) is 5.65 Å². The Morgan fingerprint density at radius 3 is 2.85 bits per heavy atom. The van der Waals surface area contributed by atoms with Crippen LogP contribution in [0.2, 0.25) is 0 Å². The molecule has 0 spiro atoms. The zero-order valence-corrected chi connectivity index (χ0v) is 12.6. The topological polar surface area (TPSA) is 67.0 Å². The average molecular weight is 318 g/mol. The minimum Gasteiger partial charge on any atom is -0.464 e. The first kappa shape index (κ1) is 16.8. The van der Waals surface area contributed by atoms with Crippen LogP contribution in [0.25, 0.3) is 11.0 Å². The van der Waals surface area contributed by atoms with Crippen molar-refractivity contribution < 1.29 is 9.53 Å². The normalized spacial score (nSPS) is 17.4. The van der Waals surface area contributed by atoms with Crippen LogP contribution in [0.15, 0.2) is 18.3 Å². The van der Waals surface area contributed by atoms with E-state index in [0.29, 0.717) is 11.6 Å². The number of pyridine rings is 1. The number of nitrogens with zero attached hydrogens (tertiary/aromatic N) is 1. The predicted octanol–water partition coefficient (Wildman–Crippen LogP) is 2.27. The second-order valence-corrected chi connectivity index (χ2v) is 4.52. The Morgan fingerprint density at radius 2 is 2.20 bits per heavy atom. The Bertz CT molecular complexity index is 594. The summed E-state index contributed by atoms with van der Waals surface area (Å²) < 4.78 is 4.67. The third kappa shape index (κ3) is 2.90. The van der Waals surface area contributed by atoms with Crippen LogP contribution in [0, 0.1) is 0 Å². The molecule has 1 saturated heterocycles. The van der Waals surface area contributed by atoms with Crippen molar-refractivity contribution >= 4 is 41.8 Å². The lowest BCUT2D eigenvalue weighted by atomic mass is 9.99. The summed E-state index contributed by atoms with van der Waals surface area (Å²) in [6, 6.07) is 3.66. The van der Waals surface area contributed by atoms with Gasteiger partial charge in [0.25, 0.3) is 0 Å². The van der Waals surface area contributed by atoms with Gasteiger partial charge in [-0.05, 0) is 36.6 Å². The number of methoxy groups -OCH3 is 1. The molecule has 1 aliphatic heterocycles. The van der Waals surface area contributed by atoms with E-state index in [4.69, 9.17) is 0 Å². The van der Waals surface area contributed by atoms with E-state index < -0.39 is 5.97 Å². The lowest BCUT2D eigenvalue weighted by Gasteiger charge is -2.06. The fourth-order valence-electron chi connectivity index (χ4n) is 2.50. The van der Waals surface area contributed by atoms with Crippen LogP contribution in [-0.4, -0.2) is 36.1 Å². The summed E-state index contributed by atoms with van der Waals surface area (Å²) in [7, 11) is 1.36. The number of hydrogen-bond donors (Lipinski definition) is 2. The highest BCUT2D eigenvalue weighted by atomic mass is 35.5. The summed E-state index contributed by atoms with van der Waals surface area (Å²) in [5, 5.41) is 4.45. The van der Waals surface area contributed by atoms with Crippen LogP contribution in [0.4, 0.5) is 0 Å².